The van der Waals surface area contributed by atoms with Crippen molar-refractivity contribution in [2.24, 2.45) is 23.0 Å². The van der Waals surface area contributed by atoms with E-state index < -0.39 is 0 Å². The number of hydrogen-bond acceptors (Lipinski definition) is 3. The van der Waals surface area contributed by atoms with Gasteiger partial charge in [0.1, 0.15) is 0 Å². The summed E-state index contributed by atoms with van der Waals surface area (Å²) in [7, 11) is 0. The van der Waals surface area contributed by atoms with Crippen LogP contribution in [0.2, 0.25) is 0 Å². The highest BCUT2D eigenvalue weighted by molar-refractivity contribution is 5.83. The number of rotatable bonds is 6. The van der Waals surface area contributed by atoms with E-state index in [0.29, 0.717) is 24.8 Å². The Morgan fingerprint density at radius 2 is 2.00 bits per heavy atom. The normalized spacial score (nSPS) is 29.3. The van der Waals surface area contributed by atoms with Crippen LogP contribution in [0.4, 0.5) is 0 Å². The number of nitrogens with two attached hydrogens (primary N) is 1. The van der Waals surface area contributed by atoms with E-state index in [9.17, 15) is 4.79 Å². The van der Waals surface area contributed by atoms with Crippen LogP contribution in [-0.4, -0.2) is 30.2 Å². The van der Waals surface area contributed by atoms with Crippen molar-refractivity contribution < 1.29 is 9.90 Å². The standard InChI is InChI=1S/C15H30N2O2/c1-11(2)13(6-9-18)17-14(19)15(10-16)7-4-12(3)5-8-15/h11-13,18H,4-10,16H2,1-3H3,(H,17,19). The second-order valence-corrected chi connectivity index (χ2v) is 6.50. The molecule has 0 radical (unpaired) electrons. The molecule has 1 aliphatic carbocycles. The lowest BCUT2D eigenvalue weighted by molar-refractivity contribution is -0.134. The average molecular weight is 270 g/mol. The van der Waals surface area contributed by atoms with E-state index >= 15 is 0 Å². The molecule has 19 heavy (non-hydrogen) atoms. The quantitative estimate of drug-likeness (QED) is 0.687. The van der Waals surface area contributed by atoms with Gasteiger partial charge in [0.25, 0.3) is 0 Å². The number of carbonyl (C=O) groups is 1. The summed E-state index contributed by atoms with van der Waals surface area (Å²) in [4.78, 5) is 12.6. The van der Waals surface area contributed by atoms with Crippen molar-refractivity contribution in [1.29, 1.82) is 0 Å². The first-order valence-electron chi connectivity index (χ1n) is 7.57. The van der Waals surface area contributed by atoms with Gasteiger partial charge < -0.3 is 16.2 Å². The van der Waals surface area contributed by atoms with Gasteiger partial charge in [-0.3, -0.25) is 4.79 Å². The van der Waals surface area contributed by atoms with Crippen LogP contribution < -0.4 is 11.1 Å². The van der Waals surface area contributed by atoms with Crippen molar-refractivity contribution in [3.63, 3.8) is 0 Å². The SMILES string of the molecule is CC1CCC(CN)(C(=O)NC(CCO)C(C)C)CC1. The summed E-state index contributed by atoms with van der Waals surface area (Å²) in [6.45, 7) is 6.91. The largest absolute Gasteiger partial charge is 0.396 e. The van der Waals surface area contributed by atoms with Gasteiger partial charge in [0.15, 0.2) is 0 Å². The molecule has 0 spiro atoms. The van der Waals surface area contributed by atoms with Gasteiger partial charge in [0, 0.05) is 19.2 Å². The predicted molar refractivity (Wildman–Crippen MR) is 77.6 cm³/mol. The Hall–Kier alpha value is -0.610. The van der Waals surface area contributed by atoms with Gasteiger partial charge in [-0.2, -0.15) is 0 Å². The zero-order valence-electron chi connectivity index (χ0n) is 12.6. The molecule has 4 nitrogen and oxygen atoms in total. The van der Waals surface area contributed by atoms with E-state index in [-0.39, 0.29) is 24.0 Å². The Bertz CT molecular complexity index is 284. The van der Waals surface area contributed by atoms with Crippen LogP contribution in [0.25, 0.3) is 0 Å². The van der Waals surface area contributed by atoms with Crippen LogP contribution in [-0.2, 0) is 4.79 Å². The molecule has 4 heteroatoms. The minimum atomic E-state index is -0.380. The highest BCUT2D eigenvalue weighted by Crippen LogP contribution is 2.38. The fraction of sp³-hybridized carbons (Fsp3) is 0.933. The van der Waals surface area contributed by atoms with E-state index in [4.69, 9.17) is 10.8 Å². The van der Waals surface area contributed by atoms with Crippen LogP contribution in [0.1, 0.15) is 52.9 Å². The van der Waals surface area contributed by atoms with Gasteiger partial charge in [-0.05, 0) is 43.9 Å². The van der Waals surface area contributed by atoms with Crippen molar-refractivity contribution in [2.75, 3.05) is 13.2 Å². The lowest BCUT2D eigenvalue weighted by Crippen LogP contribution is -2.52. The van der Waals surface area contributed by atoms with Crippen molar-refractivity contribution in [2.45, 2.75) is 58.9 Å². The molecular formula is C15H30N2O2. The van der Waals surface area contributed by atoms with Gasteiger partial charge in [-0.25, -0.2) is 0 Å². The Balaban J connectivity index is 2.67. The Morgan fingerprint density at radius 1 is 1.42 bits per heavy atom. The third-order valence-corrected chi connectivity index (χ3v) is 4.67. The van der Waals surface area contributed by atoms with Gasteiger partial charge in [0.2, 0.25) is 5.91 Å². The van der Waals surface area contributed by atoms with Gasteiger partial charge in [-0.15, -0.1) is 0 Å². The Labute approximate surface area is 117 Å². The van der Waals surface area contributed by atoms with Crippen LogP contribution in [0, 0.1) is 17.3 Å². The molecule has 0 bridgehead atoms. The second-order valence-electron chi connectivity index (χ2n) is 6.50. The van der Waals surface area contributed by atoms with Gasteiger partial charge in [-0.1, -0.05) is 20.8 Å². The van der Waals surface area contributed by atoms with E-state index in [2.05, 4.69) is 26.1 Å². The molecule has 1 atom stereocenters. The molecule has 1 rings (SSSR count). The number of aliphatic hydroxyl groups excluding tert-OH is 1. The average Bonchev–Trinajstić information content (AvgIpc) is 2.39. The maximum absolute atomic E-state index is 12.6. The molecule has 1 fully saturated rings. The summed E-state index contributed by atoms with van der Waals surface area (Å²) in [6, 6.07) is 0.0419. The number of nitrogens with one attached hydrogen (secondary N) is 1. The van der Waals surface area contributed by atoms with Crippen molar-refractivity contribution >= 4 is 5.91 Å². The van der Waals surface area contributed by atoms with Crippen LogP contribution in [0.3, 0.4) is 0 Å². The van der Waals surface area contributed by atoms with E-state index in [1.54, 1.807) is 0 Å². The molecule has 1 saturated carbocycles. The Kier molecular flexibility index (Phi) is 6.27. The molecule has 112 valence electrons. The number of hydrogen-bond donors (Lipinski definition) is 3. The maximum atomic E-state index is 12.6. The van der Waals surface area contributed by atoms with E-state index in [0.717, 1.165) is 25.7 Å². The fourth-order valence-corrected chi connectivity index (χ4v) is 2.87. The number of aliphatic hydroxyl groups is 1. The molecule has 0 heterocycles. The second kappa shape index (κ2) is 7.25. The smallest absolute Gasteiger partial charge is 0.227 e. The van der Waals surface area contributed by atoms with Crippen LogP contribution >= 0.6 is 0 Å². The molecule has 0 saturated heterocycles. The number of carbonyl (C=O) groups excluding carboxylic acids is 1. The number of amides is 1. The highest BCUT2D eigenvalue weighted by atomic mass is 16.3. The molecular weight excluding hydrogens is 240 g/mol. The zero-order chi connectivity index (χ0) is 14.5. The van der Waals surface area contributed by atoms with Crippen LogP contribution in [0.15, 0.2) is 0 Å². The molecule has 1 aliphatic rings. The van der Waals surface area contributed by atoms with Crippen molar-refractivity contribution in [1.82, 2.24) is 5.32 Å². The van der Waals surface area contributed by atoms with Crippen molar-refractivity contribution in [3.8, 4) is 0 Å². The highest BCUT2D eigenvalue weighted by Gasteiger charge is 2.40. The summed E-state index contributed by atoms with van der Waals surface area (Å²) in [5.41, 5.74) is 5.52. The minimum absolute atomic E-state index is 0.0419. The molecule has 0 aromatic heterocycles. The third-order valence-electron chi connectivity index (χ3n) is 4.67. The van der Waals surface area contributed by atoms with E-state index in [1.165, 1.54) is 0 Å². The first-order valence-corrected chi connectivity index (χ1v) is 7.57. The summed E-state index contributed by atoms with van der Waals surface area (Å²) >= 11 is 0. The summed E-state index contributed by atoms with van der Waals surface area (Å²) in [5.74, 6) is 1.12. The van der Waals surface area contributed by atoms with E-state index in [1.807, 2.05) is 0 Å². The first kappa shape index (κ1) is 16.4. The maximum Gasteiger partial charge on any atom is 0.227 e. The van der Waals surface area contributed by atoms with Gasteiger partial charge >= 0.3 is 0 Å². The lowest BCUT2D eigenvalue weighted by atomic mass is 9.70. The van der Waals surface area contributed by atoms with Gasteiger partial charge in [0.05, 0.1) is 5.41 Å². The Morgan fingerprint density at radius 3 is 2.42 bits per heavy atom. The molecule has 1 amide bonds. The fourth-order valence-electron chi connectivity index (χ4n) is 2.87. The summed E-state index contributed by atoms with van der Waals surface area (Å²) < 4.78 is 0. The summed E-state index contributed by atoms with van der Waals surface area (Å²) in [5, 5.41) is 12.2. The monoisotopic (exact) mass is 270 g/mol. The van der Waals surface area contributed by atoms with Crippen molar-refractivity contribution in [3.05, 3.63) is 0 Å². The predicted octanol–water partition coefficient (Wildman–Crippen LogP) is 1.66. The first-order chi connectivity index (χ1) is 8.95. The minimum Gasteiger partial charge on any atom is -0.396 e. The topological polar surface area (TPSA) is 75.4 Å². The molecule has 0 aromatic carbocycles. The molecule has 1 unspecified atom stereocenters. The van der Waals surface area contributed by atoms with Crippen LogP contribution in [0.5, 0.6) is 0 Å². The lowest BCUT2D eigenvalue weighted by Gasteiger charge is -2.38. The molecule has 0 aliphatic heterocycles. The molecule has 4 N–H and O–H groups in total. The molecule has 0 aromatic rings. The zero-order valence-corrected chi connectivity index (χ0v) is 12.6. The third kappa shape index (κ3) is 4.18. The summed E-state index contributed by atoms with van der Waals surface area (Å²) in [6.07, 6.45) is 4.55.